The van der Waals surface area contributed by atoms with Crippen LogP contribution in [0.1, 0.15) is 23.0 Å². The van der Waals surface area contributed by atoms with E-state index in [2.05, 4.69) is 0 Å². The predicted molar refractivity (Wildman–Crippen MR) is 53.7 cm³/mol. The second-order valence-electron chi connectivity index (χ2n) is 2.88. The highest BCUT2D eigenvalue weighted by molar-refractivity contribution is 7.10. The first-order chi connectivity index (χ1) is 6.27. The minimum atomic E-state index is -0.416. The molecule has 1 aromatic rings. The fourth-order valence-electron chi connectivity index (χ4n) is 1.11. The lowest BCUT2D eigenvalue weighted by atomic mass is 10.2. The SMILES string of the molecule is COCc1csc(C(O)CCN)c1. The number of thiophene rings is 1. The zero-order valence-electron chi connectivity index (χ0n) is 7.69. The molecule has 0 bridgehead atoms. The van der Waals surface area contributed by atoms with Gasteiger partial charge >= 0.3 is 0 Å². The first kappa shape index (κ1) is 10.7. The molecule has 0 radical (unpaired) electrons. The zero-order chi connectivity index (χ0) is 9.68. The Kier molecular flexibility index (Phi) is 4.38. The van der Waals surface area contributed by atoms with Crippen LogP contribution in [0.2, 0.25) is 0 Å². The summed E-state index contributed by atoms with van der Waals surface area (Å²) in [5.41, 5.74) is 6.46. The minimum absolute atomic E-state index is 0.416. The van der Waals surface area contributed by atoms with Crippen LogP contribution in [0.3, 0.4) is 0 Å². The third kappa shape index (κ3) is 3.08. The lowest BCUT2D eigenvalue weighted by molar-refractivity contribution is 0.172. The smallest absolute Gasteiger partial charge is 0.0894 e. The van der Waals surface area contributed by atoms with Crippen LogP contribution in [-0.4, -0.2) is 18.8 Å². The Morgan fingerprint density at radius 3 is 3.08 bits per heavy atom. The second-order valence-corrected chi connectivity index (χ2v) is 3.83. The van der Waals surface area contributed by atoms with E-state index in [0.717, 1.165) is 10.4 Å². The van der Waals surface area contributed by atoms with E-state index in [9.17, 15) is 5.11 Å². The minimum Gasteiger partial charge on any atom is -0.388 e. The van der Waals surface area contributed by atoms with Gasteiger partial charge in [-0.25, -0.2) is 0 Å². The molecule has 0 aliphatic carbocycles. The summed E-state index contributed by atoms with van der Waals surface area (Å²) in [5, 5.41) is 11.6. The lowest BCUT2D eigenvalue weighted by Crippen LogP contribution is -2.05. The van der Waals surface area contributed by atoms with Gasteiger partial charge in [-0.2, -0.15) is 0 Å². The first-order valence-electron chi connectivity index (χ1n) is 4.22. The lowest BCUT2D eigenvalue weighted by Gasteiger charge is -2.04. The van der Waals surface area contributed by atoms with Crippen LogP contribution < -0.4 is 5.73 Å². The van der Waals surface area contributed by atoms with Crippen molar-refractivity contribution in [3.63, 3.8) is 0 Å². The Bertz CT molecular complexity index is 250. The molecule has 0 aliphatic rings. The van der Waals surface area contributed by atoms with Gasteiger partial charge in [-0.15, -0.1) is 11.3 Å². The molecule has 0 amide bonds. The largest absolute Gasteiger partial charge is 0.388 e. The van der Waals surface area contributed by atoms with E-state index in [1.54, 1.807) is 18.4 Å². The molecule has 3 nitrogen and oxygen atoms in total. The van der Waals surface area contributed by atoms with Crippen LogP contribution in [0.25, 0.3) is 0 Å². The molecule has 1 aromatic heterocycles. The second kappa shape index (κ2) is 5.34. The van der Waals surface area contributed by atoms with E-state index < -0.39 is 6.10 Å². The maximum absolute atomic E-state index is 9.59. The zero-order valence-corrected chi connectivity index (χ0v) is 8.51. The van der Waals surface area contributed by atoms with Crippen LogP contribution in [0.5, 0.6) is 0 Å². The molecule has 74 valence electrons. The summed E-state index contributed by atoms with van der Waals surface area (Å²) in [6.07, 6.45) is 0.202. The van der Waals surface area contributed by atoms with E-state index in [-0.39, 0.29) is 0 Å². The van der Waals surface area contributed by atoms with Crippen LogP contribution in [0.15, 0.2) is 11.4 Å². The van der Waals surface area contributed by atoms with Crippen molar-refractivity contribution in [2.24, 2.45) is 5.73 Å². The molecule has 1 heterocycles. The van der Waals surface area contributed by atoms with Crippen molar-refractivity contribution in [2.45, 2.75) is 19.1 Å². The van der Waals surface area contributed by atoms with Gasteiger partial charge in [-0.05, 0) is 30.0 Å². The molecule has 0 spiro atoms. The molecule has 1 unspecified atom stereocenters. The van der Waals surface area contributed by atoms with Gasteiger partial charge in [0.25, 0.3) is 0 Å². The number of ether oxygens (including phenoxy) is 1. The molecule has 1 atom stereocenters. The van der Waals surface area contributed by atoms with Gasteiger partial charge < -0.3 is 15.6 Å². The number of methoxy groups -OCH3 is 1. The highest BCUT2D eigenvalue weighted by Gasteiger charge is 2.08. The summed E-state index contributed by atoms with van der Waals surface area (Å²) in [4.78, 5) is 0.970. The van der Waals surface area contributed by atoms with Crippen LogP contribution >= 0.6 is 11.3 Å². The van der Waals surface area contributed by atoms with E-state index in [1.807, 2.05) is 11.4 Å². The molecular formula is C9H15NO2S. The van der Waals surface area contributed by atoms with Gasteiger partial charge in [0.15, 0.2) is 0 Å². The Morgan fingerprint density at radius 1 is 1.69 bits per heavy atom. The molecular weight excluding hydrogens is 186 g/mol. The third-order valence-electron chi connectivity index (χ3n) is 1.75. The van der Waals surface area contributed by atoms with E-state index in [0.29, 0.717) is 19.6 Å². The van der Waals surface area contributed by atoms with E-state index in [1.165, 1.54) is 0 Å². The summed E-state index contributed by atoms with van der Waals surface area (Å²) >= 11 is 1.55. The summed E-state index contributed by atoms with van der Waals surface area (Å²) in [6, 6.07) is 1.97. The monoisotopic (exact) mass is 201 g/mol. The number of hydrogen-bond acceptors (Lipinski definition) is 4. The average molecular weight is 201 g/mol. The van der Waals surface area contributed by atoms with Crippen molar-refractivity contribution in [1.82, 2.24) is 0 Å². The fourth-order valence-corrected chi connectivity index (χ4v) is 2.03. The Morgan fingerprint density at radius 2 is 2.46 bits per heavy atom. The highest BCUT2D eigenvalue weighted by atomic mass is 32.1. The van der Waals surface area contributed by atoms with Gasteiger partial charge in [-0.1, -0.05) is 0 Å². The number of hydrogen-bond donors (Lipinski definition) is 2. The van der Waals surface area contributed by atoms with Gasteiger partial charge in [0.05, 0.1) is 12.7 Å². The number of rotatable bonds is 5. The maximum Gasteiger partial charge on any atom is 0.0894 e. The van der Waals surface area contributed by atoms with Crippen molar-refractivity contribution >= 4 is 11.3 Å². The van der Waals surface area contributed by atoms with Crippen molar-refractivity contribution < 1.29 is 9.84 Å². The van der Waals surface area contributed by atoms with Gasteiger partial charge in [-0.3, -0.25) is 0 Å². The summed E-state index contributed by atoms with van der Waals surface area (Å²) in [5.74, 6) is 0. The van der Waals surface area contributed by atoms with Crippen molar-refractivity contribution in [2.75, 3.05) is 13.7 Å². The molecule has 13 heavy (non-hydrogen) atoms. The topological polar surface area (TPSA) is 55.5 Å². The van der Waals surface area contributed by atoms with Crippen molar-refractivity contribution in [3.8, 4) is 0 Å². The first-order valence-corrected chi connectivity index (χ1v) is 5.10. The number of nitrogens with two attached hydrogens (primary N) is 1. The van der Waals surface area contributed by atoms with Crippen molar-refractivity contribution in [1.29, 1.82) is 0 Å². The molecule has 0 saturated carbocycles. The molecule has 0 saturated heterocycles. The maximum atomic E-state index is 9.59. The molecule has 4 heteroatoms. The highest BCUT2D eigenvalue weighted by Crippen LogP contribution is 2.24. The van der Waals surface area contributed by atoms with Crippen LogP contribution in [0.4, 0.5) is 0 Å². The molecule has 0 fully saturated rings. The summed E-state index contributed by atoms with van der Waals surface area (Å²) in [6.45, 7) is 1.12. The van der Waals surface area contributed by atoms with Gasteiger partial charge in [0.2, 0.25) is 0 Å². The van der Waals surface area contributed by atoms with Crippen molar-refractivity contribution in [3.05, 3.63) is 21.9 Å². The van der Waals surface area contributed by atoms with Crippen LogP contribution in [-0.2, 0) is 11.3 Å². The fraction of sp³-hybridized carbons (Fsp3) is 0.556. The van der Waals surface area contributed by atoms with E-state index in [4.69, 9.17) is 10.5 Å². The number of aliphatic hydroxyl groups excluding tert-OH is 1. The van der Waals surface area contributed by atoms with Gasteiger partial charge in [0, 0.05) is 12.0 Å². The average Bonchev–Trinajstić information content (AvgIpc) is 2.54. The molecule has 3 N–H and O–H groups in total. The Balaban J connectivity index is 2.56. The Labute approximate surface area is 82.1 Å². The standard InChI is InChI=1S/C9H15NO2S/c1-12-5-7-4-9(13-6-7)8(11)2-3-10/h4,6,8,11H,2-3,5,10H2,1H3. The van der Waals surface area contributed by atoms with E-state index >= 15 is 0 Å². The summed E-state index contributed by atoms with van der Waals surface area (Å²) in [7, 11) is 1.66. The Hall–Kier alpha value is -0.420. The normalized spacial score (nSPS) is 13.2. The third-order valence-corrected chi connectivity index (χ3v) is 2.84. The van der Waals surface area contributed by atoms with Gasteiger partial charge in [0.1, 0.15) is 0 Å². The molecule has 1 rings (SSSR count). The van der Waals surface area contributed by atoms with Crippen LogP contribution in [0, 0.1) is 0 Å². The molecule has 0 aromatic carbocycles. The number of aliphatic hydroxyl groups is 1. The summed E-state index contributed by atoms with van der Waals surface area (Å²) < 4.78 is 4.98. The molecule has 0 aliphatic heterocycles. The predicted octanol–water partition coefficient (Wildman–Crippen LogP) is 1.28. The quantitative estimate of drug-likeness (QED) is 0.754.